The van der Waals surface area contributed by atoms with Gasteiger partial charge in [-0.25, -0.2) is 9.18 Å². The van der Waals surface area contributed by atoms with Crippen LogP contribution in [0.5, 0.6) is 11.5 Å². The van der Waals surface area contributed by atoms with Gasteiger partial charge in [-0.3, -0.25) is 0 Å². The monoisotopic (exact) mass is 422 g/mol. The van der Waals surface area contributed by atoms with Crippen molar-refractivity contribution < 1.29 is 18.7 Å². The molecule has 0 saturated heterocycles. The molecule has 4 heteroatoms. The van der Waals surface area contributed by atoms with E-state index in [0.717, 1.165) is 17.8 Å². The lowest BCUT2D eigenvalue weighted by Gasteiger charge is -2.41. The highest BCUT2D eigenvalue weighted by atomic mass is 19.1. The number of carbonyl (C=O) groups excluding carboxylic acids is 1. The van der Waals surface area contributed by atoms with Crippen LogP contribution in [0.4, 0.5) is 4.39 Å². The SMILES string of the molecule is C/C=C/C1CCC2CC(c3ccc(C(=O)Oc4ccc(OC)cc4F)cc3)CCC2C1. The molecule has 2 aromatic rings. The average molecular weight is 423 g/mol. The molecule has 2 aliphatic rings. The first kappa shape index (κ1) is 21.6. The molecular formula is C27H31FO3. The van der Waals surface area contributed by atoms with Crippen LogP contribution in [0.25, 0.3) is 0 Å². The predicted molar refractivity (Wildman–Crippen MR) is 120 cm³/mol. The summed E-state index contributed by atoms with van der Waals surface area (Å²) in [6.45, 7) is 2.12. The van der Waals surface area contributed by atoms with Crippen molar-refractivity contribution in [3.8, 4) is 11.5 Å². The third-order valence-electron chi connectivity index (χ3n) is 7.08. The smallest absolute Gasteiger partial charge is 0.343 e. The fraction of sp³-hybridized carbons (Fsp3) is 0.444. The molecule has 0 aliphatic heterocycles. The van der Waals surface area contributed by atoms with Gasteiger partial charge in [-0.15, -0.1) is 0 Å². The normalized spacial score (nSPS) is 25.8. The topological polar surface area (TPSA) is 35.5 Å². The minimum absolute atomic E-state index is 0.0956. The zero-order valence-electron chi connectivity index (χ0n) is 18.4. The number of esters is 1. The van der Waals surface area contributed by atoms with Gasteiger partial charge >= 0.3 is 5.97 Å². The van der Waals surface area contributed by atoms with Crippen LogP contribution in [0.2, 0.25) is 0 Å². The standard InChI is InChI=1S/C27H31FO3/c1-3-4-18-5-6-23-16-22(12-11-21(23)15-18)19-7-9-20(10-8-19)27(29)31-26-14-13-24(30-2)17-25(26)28/h3-4,7-10,13-14,17-18,21-23H,5-6,11-12,15-16H2,1-2H3/b4-3+. The molecule has 31 heavy (non-hydrogen) atoms. The van der Waals surface area contributed by atoms with Crippen LogP contribution in [0.3, 0.4) is 0 Å². The molecule has 0 radical (unpaired) electrons. The zero-order valence-corrected chi connectivity index (χ0v) is 18.4. The molecule has 2 fully saturated rings. The molecule has 0 N–H and O–H groups in total. The van der Waals surface area contributed by atoms with Gasteiger partial charge in [0.25, 0.3) is 0 Å². The Kier molecular flexibility index (Phi) is 6.74. The van der Waals surface area contributed by atoms with Crippen molar-refractivity contribution in [3.63, 3.8) is 0 Å². The molecule has 2 saturated carbocycles. The van der Waals surface area contributed by atoms with E-state index in [1.54, 1.807) is 18.2 Å². The molecule has 0 heterocycles. The first-order valence-electron chi connectivity index (χ1n) is 11.4. The van der Waals surface area contributed by atoms with Crippen LogP contribution in [0, 0.1) is 23.6 Å². The van der Waals surface area contributed by atoms with Crippen molar-refractivity contribution in [1.29, 1.82) is 0 Å². The van der Waals surface area contributed by atoms with Crippen LogP contribution in [-0.4, -0.2) is 13.1 Å². The highest BCUT2D eigenvalue weighted by Crippen LogP contribution is 2.47. The highest BCUT2D eigenvalue weighted by molar-refractivity contribution is 5.91. The van der Waals surface area contributed by atoms with Crippen molar-refractivity contribution >= 4 is 5.97 Å². The van der Waals surface area contributed by atoms with Crippen molar-refractivity contribution in [2.45, 2.75) is 51.4 Å². The summed E-state index contributed by atoms with van der Waals surface area (Å²) < 4.78 is 24.3. The Hall–Kier alpha value is -2.62. The molecule has 164 valence electrons. The van der Waals surface area contributed by atoms with Gasteiger partial charge in [-0.1, -0.05) is 24.3 Å². The lowest BCUT2D eigenvalue weighted by molar-refractivity contribution is 0.0727. The molecule has 0 spiro atoms. The minimum atomic E-state index is -0.620. The Labute approximate surface area is 184 Å². The lowest BCUT2D eigenvalue weighted by Crippen LogP contribution is -2.30. The van der Waals surface area contributed by atoms with E-state index in [2.05, 4.69) is 19.1 Å². The lowest BCUT2D eigenvalue weighted by atomic mass is 9.64. The average Bonchev–Trinajstić information content (AvgIpc) is 2.80. The molecular weight excluding hydrogens is 391 g/mol. The molecule has 2 aliphatic carbocycles. The molecule has 4 atom stereocenters. The van der Waals surface area contributed by atoms with Gasteiger partial charge in [0.15, 0.2) is 11.6 Å². The van der Waals surface area contributed by atoms with Crippen molar-refractivity contribution in [2.75, 3.05) is 7.11 Å². The Balaban J connectivity index is 1.37. The molecule has 2 aromatic carbocycles. The quantitative estimate of drug-likeness (QED) is 0.298. The molecule has 0 bridgehead atoms. The van der Waals surface area contributed by atoms with Crippen LogP contribution >= 0.6 is 0 Å². The number of halogens is 1. The Morgan fingerprint density at radius 2 is 1.74 bits per heavy atom. The Morgan fingerprint density at radius 1 is 1.00 bits per heavy atom. The van der Waals surface area contributed by atoms with Gasteiger partial charge in [0.2, 0.25) is 0 Å². The zero-order chi connectivity index (χ0) is 21.8. The second kappa shape index (κ2) is 9.67. The van der Waals surface area contributed by atoms with E-state index in [1.807, 2.05) is 12.1 Å². The van der Waals surface area contributed by atoms with Crippen molar-refractivity contribution in [2.24, 2.45) is 17.8 Å². The van der Waals surface area contributed by atoms with E-state index in [0.29, 0.717) is 17.2 Å². The van der Waals surface area contributed by atoms with Gasteiger partial charge in [-0.05, 0) is 98.9 Å². The summed E-state index contributed by atoms with van der Waals surface area (Å²) >= 11 is 0. The van der Waals surface area contributed by atoms with Crippen LogP contribution in [0.1, 0.15) is 67.3 Å². The first-order valence-corrected chi connectivity index (χ1v) is 11.4. The predicted octanol–water partition coefficient (Wildman–Crippen LogP) is 6.93. The van der Waals surface area contributed by atoms with Gasteiger partial charge in [0, 0.05) is 6.07 Å². The fourth-order valence-electron chi connectivity index (χ4n) is 5.42. The maximum Gasteiger partial charge on any atom is 0.343 e. The Bertz CT molecular complexity index is 934. The highest BCUT2D eigenvalue weighted by Gasteiger charge is 2.35. The van der Waals surface area contributed by atoms with Crippen molar-refractivity contribution in [1.82, 2.24) is 0 Å². The van der Waals surface area contributed by atoms with E-state index >= 15 is 0 Å². The number of rotatable bonds is 5. The third kappa shape index (κ3) is 5.00. The molecule has 0 aromatic heterocycles. The number of fused-ring (bicyclic) bond motifs is 1. The summed E-state index contributed by atoms with van der Waals surface area (Å²) in [5.41, 5.74) is 1.72. The van der Waals surface area contributed by atoms with Gasteiger partial charge in [0.05, 0.1) is 12.7 Å². The Morgan fingerprint density at radius 3 is 2.45 bits per heavy atom. The van der Waals surface area contributed by atoms with Crippen molar-refractivity contribution in [3.05, 3.63) is 71.6 Å². The summed E-state index contributed by atoms with van der Waals surface area (Å²) in [6.07, 6.45) is 12.3. The second-order valence-corrected chi connectivity index (χ2v) is 8.94. The number of hydrogen-bond acceptors (Lipinski definition) is 3. The number of ether oxygens (including phenoxy) is 2. The maximum absolute atomic E-state index is 14.1. The number of carbonyl (C=O) groups is 1. The van der Waals surface area contributed by atoms with E-state index in [9.17, 15) is 9.18 Å². The van der Waals surface area contributed by atoms with E-state index in [-0.39, 0.29) is 5.75 Å². The maximum atomic E-state index is 14.1. The van der Waals surface area contributed by atoms with Crippen LogP contribution in [-0.2, 0) is 0 Å². The number of methoxy groups -OCH3 is 1. The van der Waals surface area contributed by atoms with E-state index in [1.165, 1.54) is 63.3 Å². The molecule has 4 unspecified atom stereocenters. The van der Waals surface area contributed by atoms with Gasteiger partial charge in [-0.2, -0.15) is 0 Å². The largest absolute Gasteiger partial charge is 0.497 e. The van der Waals surface area contributed by atoms with Gasteiger partial charge in [0.1, 0.15) is 5.75 Å². The number of allylic oxidation sites excluding steroid dienone is 2. The first-order chi connectivity index (χ1) is 15.1. The summed E-state index contributed by atoms with van der Waals surface area (Å²) in [5.74, 6) is 2.12. The van der Waals surface area contributed by atoms with Gasteiger partial charge < -0.3 is 9.47 Å². The van der Waals surface area contributed by atoms with E-state index in [4.69, 9.17) is 9.47 Å². The van der Waals surface area contributed by atoms with Crippen LogP contribution in [0.15, 0.2) is 54.6 Å². The summed E-state index contributed by atoms with van der Waals surface area (Å²) in [7, 11) is 1.46. The minimum Gasteiger partial charge on any atom is -0.497 e. The molecule has 3 nitrogen and oxygen atoms in total. The molecule has 4 rings (SSSR count). The second-order valence-electron chi connectivity index (χ2n) is 8.94. The third-order valence-corrected chi connectivity index (χ3v) is 7.08. The summed E-state index contributed by atoms with van der Waals surface area (Å²) in [6, 6.07) is 11.9. The van der Waals surface area contributed by atoms with Crippen LogP contribution < -0.4 is 9.47 Å². The number of benzene rings is 2. The van der Waals surface area contributed by atoms with E-state index < -0.39 is 11.8 Å². The summed E-state index contributed by atoms with van der Waals surface area (Å²) in [5, 5.41) is 0. The molecule has 0 amide bonds. The summed E-state index contributed by atoms with van der Waals surface area (Å²) in [4.78, 5) is 12.5. The fourth-order valence-corrected chi connectivity index (χ4v) is 5.42. The number of hydrogen-bond donors (Lipinski definition) is 0.